The van der Waals surface area contributed by atoms with Gasteiger partial charge < -0.3 is 10.6 Å². The molecule has 2 heterocycles. The van der Waals surface area contributed by atoms with Gasteiger partial charge in [-0.05, 0) is 60.6 Å². The molecule has 20 heavy (non-hydrogen) atoms. The van der Waals surface area contributed by atoms with Gasteiger partial charge in [0.2, 0.25) is 0 Å². The number of pyridine rings is 1. The molecular weight excluding hydrogens is 246 g/mol. The van der Waals surface area contributed by atoms with Crippen molar-refractivity contribution in [2.75, 3.05) is 17.2 Å². The molecule has 0 fully saturated rings. The first-order valence-electron chi connectivity index (χ1n) is 7.40. The molecule has 2 aromatic rings. The number of aryl methyl sites for hydroxylation is 2. The predicted octanol–water partition coefficient (Wildman–Crippen LogP) is 2.72. The zero-order chi connectivity index (χ0) is 13.5. The zero-order valence-electron chi connectivity index (χ0n) is 11.6. The average Bonchev–Trinajstić information content (AvgIpc) is 2.93. The summed E-state index contributed by atoms with van der Waals surface area (Å²) in [5, 5.41) is 0. The number of aromatic nitrogens is 1. The summed E-state index contributed by atoms with van der Waals surface area (Å²) in [6, 6.07) is 10.7. The lowest BCUT2D eigenvalue weighted by atomic mass is 9.99. The number of nitrogens with zero attached hydrogens (tertiary/aromatic N) is 2. The molecule has 1 aromatic carbocycles. The summed E-state index contributed by atoms with van der Waals surface area (Å²) in [7, 11) is 0. The van der Waals surface area contributed by atoms with Gasteiger partial charge in [-0.25, -0.2) is 4.98 Å². The smallest absolute Gasteiger partial charge is 0.129 e. The van der Waals surface area contributed by atoms with Crippen LogP contribution in [0, 0.1) is 0 Å². The molecule has 3 nitrogen and oxygen atoms in total. The second-order valence-electron chi connectivity index (χ2n) is 5.83. The van der Waals surface area contributed by atoms with Crippen molar-refractivity contribution < 1.29 is 0 Å². The number of fused-ring (bicyclic) bond motifs is 2. The third-order valence-corrected chi connectivity index (χ3v) is 4.48. The van der Waals surface area contributed by atoms with Crippen LogP contribution in [-0.2, 0) is 25.8 Å². The van der Waals surface area contributed by atoms with Crippen molar-refractivity contribution in [2.45, 2.75) is 32.2 Å². The molecule has 0 unspecified atom stereocenters. The Morgan fingerprint density at radius 2 is 1.85 bits per heavy atom. The SMILES string of the molecule is Nc1ccc2c(c1)CN(c1ccc3c(n1)CCC3)CC2. The van der Waals surface area contributed by atoms with Gasteiger partial charge in [0.1, 0.15) is 5.82 Å². The van der Waals surface area contributed by atoms with Gasteiger partial charge in [0.15, 0.2) is 0 Å². The zero-order valence-corrected chi connectivity index (χ0v) is 11.6. The maximum atomic E-state index is 5.91. The summed E-state index contributed by atoms with van der Waals surface area (Å²) < 4.78 is 0. The van der Waals surface area contributed by atoms with Gasteiger partial charge >= 0.3 is 0 Å². The van der Waals surface area contributed by atoms with Crippen LogP contribution < -0.4 is 10.6 Å². The Labute approximate surface area is 119 Å². The predicted molar refractivity (Wildman–Crippen MR) is 81.9 cm³/mol. The van der Waals surface area contributed by atoms with Crippen molar-refractivity contribution in [1.82, 2.24) is 4.98 Å². The third-order valence-electron chi connectivity index (χ3n) is 4.48. The van der Waals surface area contributed by atoms with Crippen LogP contribution in [0.1, 0.15) is 28.8 Å². The van der Waals surface area contributed by atoms with Crippen molar-refractivity contribution in [3.05, 3.63) is 52.7 Å². The fourth-order valence-electron chi connectivity index (χ4n) is 3.36. The lowest BCUT2D eigenvalue weighted by molar-refractivity contribution is 0.718. The molecule has 1 aliphatic carbocycles. The van der Waals surface area contributed by atoms with E-state index in [-0.39, 0.29) is 0 Å². The first kappa shape index (κ1) is 11.8. The molecule has 2 aliphatic rings. The molecule has 3 heteroatoms. The van der Waals surface area contributed by atoms with E-state index in [1.165, 1.54) is 35.2 Å². The lowest BCUT2D eigenvalue weighted by Gasteiger charge is -2.30. The molecule has 0 radical (unpaired) electrons. The molecule has 0 saturated heterocycles. The fourth-order valence-corrected chi connectivity index (χ4v) is 3.36. The molecule has 102 valence electrons. The van der Waals surface area contributed by atoms with Crippen molar-refractivity contribution in [3.8, 4) is 0 Å². The van der Waals surface area contributed by atoms with Gasteiger partial charge in [-0.1, -0.05) is 12.1 Å². The van der Waals surface area contributed by atoms with Gasteiger partial charge in [0.25, 0.3) is 0 Å². The first-order chi connectivity index (χ1) is 9.79. The van der Waals surface area contributed by atoms with Crippen molar-refractivity contribution >= 4 is 11.5 Å². The Balaban J connectivity index is 1.64. The van der Waals surface area contributed by atoms with E-state index in [1.807, 2.05) is 6.07 Å². The summed E-state index contributed by atoms with van der Waals surface area (Å²) >= 11 is 0. The monoisotopic (exact) mass is 265 g/mol. The van der Waals surface area contributed by atoms with Gasteiger partial charge in [-0.3, -0.25) is 0 Å². The maximum absolute atomic E-state index is 5.91. The Hall–Kier alpha value is -2.03. The molecule has 0 amide bonds. The van der Waals surface area contributed by atoms with E-state index in [0.717, 1.165) is 37.4 Å². The van der Waals surface area contributed by atoms with E-state index in [4.69, 9.17) is 10.7 Å². The van der Waals surface area contributed by atoms with Gasteiger partial charge in [-0.2, -0.15) is 0 Å². The standard InChI is InChI=1S/C17H19N3/c18-15-6-4-12-8-9-20(11-14(12)10-15)17-7-5-13-2-1-3-16(13)19-17/h4-7,10H,1-3,8-9,11,18H2. The lowest BCUT2D eigenvalue weighted by Crippen LogP contribution is -2.31. The van der Waals surface area contributed by atoms with Crippen molar-refractivity contribution in [1.29, 1.82) is 0 Å². The van der Waals surface area contributed by atoms with Crippen LogP contribution in [0.3, 0.4) is 0 Å². The minimum Gasteiger partial charge on any atom is -0.399 e. The van der Waals surface area contributed by atoms with E-state index < -0.39 is 0 Å². The fraction of sp³-hybridized carbons (Fsp3) is 0.353. The molecule has 0 atom stereocenters. The van der Waals surface area contributed by atoms with Gasteiger partial charge in [0, 0.05) is 24.5 Å². The van der Waals surface area contributed by atoms with E-state index in [9.17, 15) is 0 Å². The van der Waals surface area contributed by atoms with Gasteiger partial charge in [-0.15, -0.1) is 0 Å². The van der Waals surface area contributed by atoms with Crippen molar-refractivity contribution in [2.24, 2.45) is 0 Å². The van der Waals surface area contributed by atoms with Crippen molar-refractivity contribution in [3.63, 3.8) is 0 Å². The van der Waals surface area contributed by atoms with Crippen LogP contribution in [0.25, 0.3) is 0 Å². The molecule has 4 rings (SSSR count). The molecular formula is C17H19N3. The number of hydrogen-bond donors (Lipinski definition) is 1. The van der Waals surface area contributed by atoms with Crippen LogP contribution >= 0.6 is 0 Å². The number of rotatable bonds is 1. The minimum absolute atomic E-state index is 0.854. The van der Waals surface area contributed by atoms with E-state index in [2.05, 4.69) is 29.2 Å². The Morgan fingerprint density at radius 3 is 2.80 bits per heavy atom. The number of nitrogens with two attached hydrogens (primary N) is 1. The highest BCUT2D eigenvalue weighted by Crippen LogP contribution is 2.27. The third kappa shape index (κ3) is 1.94. The first-order valence-corrected chi connectivity index (χ1v) is 7.40. The van der Waals surface area contributed by atoms with E-state index in [1.54, 1.807) is 0 Å². The van der Waals surface area contributed by atoms with Gasteiger partial charge in [0.05, 0.1) is 0 Å². The summed E-state index contributed by atoms with van der Waals surface area (Å²) in [6.07, 6.45) is 4.67. The van der Waals surface area contributed by atoms with Crippen LogP contribution in [0.4, 0.5) is 11.5 Å². The second-order valence-corrected chi connectivity index (χ2v) is 5.83. The number of nitrogen functional groups attached to an aromatic ring is 1. The molecule has 2 N–H and O–H groups in total. The Bertz CT molecular complexity index is 663. The normalized spacial score (nSPS) is 16.9. The summed E-state index contributed by atoms with van der Waals surface area (Å²) in [4.78, 5) is 7.24. The highest BCUT2D eigenvalue weighted by Gasteiger charge is 2.19. The van der Waals surface area contributed by atoms with E-state index in [0.29, 0.717) is 0 Å². The Kier molecular flexibility index (Phi) is 2.66. The minimum atomic E-state index is 0.854. The van der Waals surface area contributed by atoms with E-state index >= 15 is 0 Å². The highest BCUT2D eigenvalue weighted by molar-refractivity contribution is 5.51. The number of hydrogen-bond acceptors (Lipinski definition) is 3. The van der Waals surface area contributed by atoms with Crippen LogP contribution in [0.2, 0.25) is 0 Å². The summed E-state index contributed by atoms with van der Waals surface area (Å²) in [5.74, 6) is 1.12. The molecule has 0 saturated carbocycles. The summed E-state index contributed by atoms with van der Waals surface area (Å²) in [5.41, 5.74) is 12.3. The van der Waals surface area contributed by atoms with Crippen LogP contribution in [-0.4, -0.2) is 11.5 Å². The number of benzene rings is 1. The Morgan fingerprint density at radius 1 is 0.950 bits per heavy atom. The topological polar surface area (TPSA) is 42.1 Å². The maximum Gasteiger partial charge on any atom is 0.129 e. The second kappa shape index (κ2) is 4.51. The highest BCUT2D eigenvalue weighted by atomic mass is 15.2. The molecule has 1 aliphatic heterocycles. The largest absolute Gasteiger partial charge is 0.399 e. The number of anilines is 2. The molecule has 1 aromatic heterocycles. The quantitative estimate of drug-likeness (QED) is 0.806. The molecule has 0 spiro atoms. The van der Waals surface area contributed by atoms with Crippen LogP contribution in [0.15, 0.2) is 30.3 Å². The van der Waals surface area contributed by atoms with Crippen LogP contribution in [0.5, 0.6) is 0 Å². The average molecular weight is 265 g/mol. The summed E-state index contributed by atoms with van der Waals surface area (Å²) in [6.45, 7) is 1.97. The molecule has 0 bridgehead atoms.